The smallest absolute Gasteiger partial charge is 0.0575 e. The number of anilines is 1. The minimum absolute atomic E-state index is 0.157. The van der Waals surface area contributed by atoms with Gasteiger partial charge < -0.3 is 10.2 Å². The summed E-state index contributed by atoms with van der Waals surface area (Å²) in [5.41, 5.74) is 8.37. The van der Waals surface area contributed by atoms with Crippen molar-refractivity contribution in [3.63, 3.8) is 0 Å². The summed E-state index contributed by atoms with van der Waals surface area (Å²) < 4.78 is 0. The summed E-state index contributed by atoms with van der Waals surface area (Å²) >= 11 is 0. The van der Waals surface area contributed by atoms with E-state index in [-0.39, 0.29) is 5.41 Å². The van der Waals surface area contributed by atoms with Crippen molar-refractivity contribution in [3.8, 4) is 0 Å². The molecule has 0 saturated carbocycles. The summed E-state index contributed by atoms with van der Waals surface area (Å²) in [5.74, 6) is 0.960. The van der Waals surface area contributed by atoms with Crippen molar-refractivity contribution in [2.24, 2.45) is 0 Å². The second-order valence-corrected chi connectivity index (χ2v) is 9.41. The fourth-order valence-corrected chi connectivity index (χ4v) is 3.54. The molecule has 1 aromatic carbocycles. The Balaban J connectivity index is 2.65. The van der Waals surface area contributed by atoms with Gasteiger partial charge in [0.2, 0.25) is 0 Å². The largest absolute Gasteiger partial charge is 0.379 e. The van der Waals surface area contributed by atoms with Crippen LogP contribution in [0.4, 0.5) is 5.69 Å². The second-order valence-electron chi connectivity index (χ2n) is 9.41. The second kappa shape index (κ2) is 7.90. The first-order valence-electron chi connectivity index (χ1n) is 10.0. The van der Waals surface area contributed by atoms with Crippen LogP contribution in [0.1, 0.15) is 89.8 Å². The van der Waals surface area contributed by atoms with Crippen molar-refractivity contribution in [3.05, 3.63) is 52.4 Å². The Hall–Kier alpha value is -1.70. The van der Waals surface area contributed by atoms with Gasteiger partial charge in [0.05, 0.1) is 5.70 Å². The average molecular weight is 355 g/mol. The molecule has 2 nitrogen and oxygen atoms in total. The molecule has 1 N–H and O–H groups in total. The molecule has 2 rings (SSSR count). The van der Waals surface area contributed by atoms with E-state index in [1.807, 2.05) is 0 Å². The van der Waals surface area contributed by atoms with E-state index in [0.717, 1.165) is 12.8 Å². The van der Waals surface area contributed by atoms with Crippen LogP contribution in [0.15, 0.2) is 35.7 Å². The SMILES string of the molecule is CC(C)c1cc(C(C)(C)C)cc(C(C)C)c1NC1=C(N(C)C)CCC=C1. The number of rotatable bonds is 5. The maximum absolute atomic E-state index is 3.84. The Bertz CT molecular complexity index is 668. The van der Waals surface area contributed by atoms with E-state index in [1.54, 1.807) is 0 Å². The van der Waals surface area contributed by atoms with Crippen LogP contribution in [0, 0.1) is 0 Å². The Labute approximate surface area is 161 Å². The molecular weight excluding hydrogens is 316 g/mol. The lowest BCUT2D eigenvalue weighted by atomic mass is 9.81. The average Bonchev–Trinajstić information content (AvgIpc) is 2.53. The van der Waals surface area contributed by atoms with Gasteiger partial charge in [-0.05, 0) is 52.9 Å². The molecule has 0 aromatic heterocycles. The van der Waals surface area contributed by atoms with Gasteiger partial charge >= 0.3 is 0 Å². The third-order valence-electron chi connectivity index (χ3n) is 5.25. The molecule has 0 radical (unpaired) electrons. The molecule has 0 unspecified atom stereocenters. The predicted molar refractivity (Wildman–Crippen MR) is 116 cm³/mol. The number of allylic oxidation sites excluding steroid dienone is 3. The molecule has 1 aromatic rings. The van der Waals surface area contributed by atoms with Gasteiger partial charge in [0, 0.05) is 25.5 Å². The normalized spacial score (nSPS) is 15.2. The Kier molecular flexibility index (Phi) is 6.26. The van der Waals surface area contributed by atoms with Crippen LogP contribution in [-0.4, -0.2) is 19.0 Å². The van der Waals surface area contributed by atoms with Gasteiger partial charge in [-0.1, -0.05) is 66.7 Å². The summed E-state index contributed by atoms with van der Waals surface area (Å²) in [7, 11) is 4.29. The molecule has 0 saturated heterocycles. The molecule has 1 aliphatic rings. The van der Waals surface area contributed by atoms with E-state index in [1.165, 1.54) is 33.8 Å². The van der Waals surface area contributed by atoms with Gasteiger partial charge in [0.25, 0.3) is 0 Å². The summed E-state index contributed by atoms with van der Waals surface area (Å²) in [6.07, 6.45) is 6.75. The van der Waals surface area contributed by atoms with Crippen LogP contribution in [-0.2, 0) is 5.41 Å². The molecule has 0 amide bonds. The van der Waals surface area contributed by atoms with Gasteiger partial charge in [-0.25, -0.2) is 0 Å². The zero-order valence-electron chi connectivity index (χ0n) is 18.3. The number of hydrogen-bond donors (Lipinski definition) is 1. The van der Waals surface area contributed by atoms with Crippen molar-refractivity contribution in [1.29, 1.82) is 0 Å². The molecule has 0 bridgehead atoms. The van der Waals surface area contributed by atoms with Gasteiger partial charge in [-0.15, -0.1) is 0 Å². The summed E-state index contributed by atoms with van der Waals surface area (Å²) in [4.78, 5) is 2.25. The van der Waals surface area contributed by atoms with Crippen LogP contribution in [0.3, 0.4) is 0 Å². The van der Waals surface area contributed by atoms with E-state index >= 15 is 0 Å². The topological polar surface area (TPSA) is 15.3 Å². The van der Waals surface area contributed by atoms with E-state index in [4.69, 9.17) is 0 Å². The molecule has 2 heteroatoms. The van der Waals surface area contributed by atoms with Crippen molar-refractivity contribution in [2.45, 2.75) is 78.6 Å². The van der Waals surface area contributed by atoms with Crippen LogP contribution in [0.25, 0.3) is 0 Å². The van der Waals surface area contributed by atoms with Crippen LogP contribution in [0.5, 0.6) is 0 Å². The Morgan fingerprint density at radius 1 is 0.962 bits per heavy atom. The summed E-state index contributed by atoms with van der Waals surface area (Å²) in [6, 6.07) is 4.84. The number of nitrogens with zero attached hydrogens (tertiary/aromatic N) is 1. The third kappa shape index (κ3) is 4.52. The molecule has 0 fully saturated rings. The molecule has 0 aliphatic heterocycles. The van der Waals surface area contributed by atoms with Gasteiger partial charge in [0.1, 0.15) is 0 Å². The highest BCUT2D eigenvalue weighted by Gasteiger charge is 2.22. The van der Waals surface area contributed by atoms with Gasteiger partial charge in [0.15, 0.2) is 0 Å². The quantitative estimate of drug-likeness (QED) is 0.628. The fraction of sp³-hybridized carbons (Fsp3) is 0.583. The maximum Gasteiger partial charge on any atom is 0.0575 e. The summed E-state index contributed by atoms with van der Waals surface area (Å²) in [6.45, 7) is 16.1. The Morgan fingerprint density at radius 2 is 1.50 bits per heavy atom. The fourth-order valence-electron chi connectivity index (χ4n) is 3.54. The van der Waals surface area contributed by atoms with Crippen LogP contribution < -0.4 is 5.32 Å². The first-order chi connectivity index (χ1) is 12.0. The minimum atomic E-state index is 0.157. The third-order valence-corrected chi connectivity index (χ3v) is 5.25. The van der Waals surface area contributed by atoms with Crippen molar-refractivity contribution in [2.75, 3.05) is 19.4 Å². The number of hydrogen-bond acceptors (Lipinski definition) is 2. The predicted octanol–water partition coefficient (Wildman–Crippen LogP) is 6.77. The lowest BCUT2D eigenvalue weighted by Crippen LogP contribution is -2.20. The first-order valence-corrected chi connectivity index (χ1v) is 10.0. The monoisotopic (exact) mass is 354 g/mol. The van der Waals surface area contributed by atoms with Gasteiger partial charge in [-0.3, -0.25) is 0 Å². The maximum atomic E-state index is 3.84. The standard InChI is InChI=1S/C24H38N2/c1-16(2)19-14-18(24(5,6)7)15-20(17(3)4)23(19)25-21-12-10-11-13-22(21)26(8)9/h10,12,14-17,25H,11,13H2,1-9H3. The van der Waals surface area contributed by atoms with Crippen molar-refractivity contribution in [1.82, 2.24) is 4.90 Å². The van der Waals surface area contributed by atoms with Crippen LogP contribution >= 0.6 is 0 Å². The van der Waals surface area contributed by atoms with Crippen molar-refractivity contribution >= 4 is 5.69 Å². The molecule has 0 heterocycles. The Morgan fingerprint density at radius 3 is 1.92 bits per heavy atom. The zero-order valence-corrected chi connectivity index (χ0v) is 18.3. The minimum Gasteiger partial charge on any atom is -0.379 e. The number of nitrogens with one attached hydrogen (secondary N) is 1. The first kappa shape index (κ1) is 20.6. The summed E-state index contributed by atoms with van der Waals surface area (Å²) in [5, 5.41) is 3.84. The molecular formula is C24H38N2. The lowest BCUT2D eigenvalue weighted by Gasteiger charge is -2.29. The molecule has 0 spiro atoms. The van der Waals surface area contributed by atoms with Crippen LogP contribution in [0.2, 0.25) is 0 Å². The van der Waals surface area contributed by atoms with Gasteiger partial charge in [-0.2, -0.15) is 0 Å². The van der Waals surface area contributed by atoms with E-state index in [2.05, 4.69) is 97.1 Å². The highest BCUT2D eigenvalue weighted by atomic mass is 15.1. The van der Waals surface area contributed by atoms with Crippen molar-refractivity contribution < 1.29 is 0 Å². The number of benzene rings is 1. The lowest BCUT2D eigenvalue weighted by molar-refractivity contribution is 0.480. The van der Waals surface area contributed by atoms with E-state index in [0.29, 0.717) is 11.8 Å². The molecule has 144 valence electrons. The van der Waals surface area contributed by atoms with E-state index < -0.39 is 0 Å². The molecule has 1 aliphatic carbocycles. The molecule has 0 atom stereocenters. The zero-order chi connectivity index (χ0) is 19.6. The highest BCUT2D eigenvalue weighted by Crippen LogP contribution is 2.38. The van der Waals surface area contributed by atoms with E-state index in [9.17, 15) is 0 Å². The molecule has 26 heavy (non-hydrogen) atoms. The highest BCUT2D eigenvalue weighted by molar-refractivity contribution is 5.66.